The van der Waals surface area contributed by atoms with Crippen LogP contribution in [0.5, 0.6) is 5.75 Å². The molecule has 0 aliphatic carbocycles. The Morgan fingerprint density at radius 2 is 1.57 bits per heavy atom. The van der Waals surface area contributed by atoms with Crippen LogP contribution < -0.4 is 10.1 Å². The molecule has 0 aliphatic heterocycles. The number of benzene rings is 2. The van der Waals surface area contributed by atoms with Gasteiger partial charge in [-0.05, 0) is 29.7 Å². The zero-order valence-corrected chi connectivity index (χ0v) is 12.9. The molecular weight excluding hydrogens is 262 g/mol. The van der Waals surface area contributed by atoms with Crippen molar-refractivity contribution in [3.05, 3.63) is 65.7 Å². The summed E-state index contributed by atoms with van der Waals surface area (Å²) in [6, 6.07) is 17.3. The topological polar surface area (TPSA) is 38.3 Å². The molecule has 2 rings (SSSR count). The Balaban J connectivity index is 0.00000106. The first-order valence-corrected chi connectivity index (χ1v) is 7.36. The van der Waals surface area contributed by atoms with E-state index in [1.807, 2.05) is 56.3 Å². The van der Waals surface area contributed by atoms with Crippen molar-refractivity contribution in [3.63, 3.8) is 0 Å². The first-order valence-electron chi connectivity index (χ1n) is 7.36. The van der Waals surface area contributed by atoms with Crippen molar-refractivity contribution in [2.45, 2.75) is 33.7 Å². The van der Waals surface area contributed by atoms with Gasteiger partial charge in [-0.25, -0.2) is 4.79 Å². The number of carbonyl (C=O) groups is 1. The second kappa shape index (κ2) is 9.59. The predicted molar refractivity (Wildman–Crippen MR) is 86.5 cm³/mol. The van der Waals surface area contributed by atoms with Crippen molar-refractivity contribution in [3.8, 4) is 5.75 Å². The molecule has 0 unspecified atom stereocenters. The summed E-state index contributed by atoms with van der Waals surface area (Å²) in [7, 11) is 0. The summed E-state index contributed by atoms with van der Waals surface area (Å²) in [6.07, 6.45) is 0.536. The van der Waals surface area contributed by atoms with Gasteiger partial charge in [0, 0.05) is 6.54 Å². The van der Waals surface area contributed by atoms with E-state index in [0.29, 0.717) is 12.3 Å². The lowest BCUT2D eigenvalue weighted by Gasteiger charge is -2.07. The average molecular weight is 285 g/mol. The van der Waals surface area contributed by atoms with Crippen LogP contribution in [0.2, 0.25) is 0 Å². The van der Waals surface area contributed by atoms with Gasteiger partial charge in [-0.2, -0.15) is 0 Å². The molecule has 112 valence electrons. The Morgan fingerprint density at radius 1 is 0.952 bits per heavy atom. The molecule has 3 nitrogen and oxygen atoms in total. The fraction of sp³-hybridized carbons (Fsp3) is 0.278. The molecule has 3 heteroatoms. The molecule has 0 radical (unpaired) electrons. The monoisotopic (exact) mass is 285 g/mol. The molecule has 0 aromatic heterocycles. The molecule has 0 bridgehead atoms. The Labute approximate surface area is 127 Å². The molecule has 2 aromatic rings. The van der Waals surface area contributed by atoms with Crippen LogP contribution in [0.3, 0.4) is 0 Å². The second-order valence-corrected chi connectivity index (χ2v) is 4.23. The van der Waals surface area contributed by atoms with E-state index in [4.69, 9.17) is 4.74 Å². The van der Waals surface area contributed by atoms with Gasteiger partial charge in [-0.1, -0.05) is 63.2 Å². The standard InChI is InChI=1S/C16H17NO2.C2H6/c1-2-13-8-10-15(11-9-13)19-16(18)17-12-14-6-4-3-5-7-14;1-2/h3-11H,2,12H2,1H3,(H,17,18);1-2H3. The van der Waals surface area contributed by atoms with Crippen LogP contribution in [0.4, 0.5) is 4.79 Å². The van der Waals surface area contributed by atoms with Gasteiger partial charge in [0.1, 0.15) is 5.75 Å². The minimum Gasteiger partial charge on any atom is -0.410 e. The van der Waals surface area contributed by atoms with Crippen LogP contribution in [0.15, 0.2) is 54.6 Å². The van der Waals surface area contributed by atoms with Crippen LogP contribution in [0, 0.1) is 0 Å². The number of carbonyl (C=O) groups excluding carboxylic acids is 1. The summed E-state index contributed by atoms with van der Waals surface area (Å²) in [6.45, 7) is 6.55. The molecular formula is C18H23NO2. The summed E-state index contributed by atoms with van der Waals surface area (Å²) < 4.78 is 5.19. The van der Waals surface area contributed by atoms with E-state index in [2.05, 4.69) is 12.2 Å². The van der Waals surface area contributed by atoms with E-state index in [0.717, 1.165) is 12.0 Å². The van der Waals surface area contributed by atoms with Gasteiger partial charge in [0.15, 0.2) is 0 Å². The maximum absolute atomic E-state index is 11.6. The van der Waals surface area contributed by atoms with Crippen molar-refractivity contribution < 1.29 is 9.53 Å². The smallest absolute Gasteiger partial charge is 0.410 e. The number of nitrogens with one attached hydrogen (secondary N) is 1. The third-order valence-electron chi connectivity index (χ3n) is 2.82. The lowest BCUT2D eigenvalue weighted by atomic mass is 10.2. The molecule has 0 saturated heterocycles. The minimum atomic E-state index is -0.437. The molecule has 21 heavy (non-hydrogen) atoms. The predicted octanol–water partition coefficient (Wildman–Crippen LogP) is 4.56. The number of hydrogen-bond acceptors (Lipinski definition) is 2. The minimum absolute atomic E-state index is 0.437. The van der Waals surface area contributed by atoms with E-state index in [1.54, 1.807) is 12.1 Å². The summed E-state index contributed by atoms with van der Waals surface area (Å²) >= 11 is 0. The number of hydrogen-bond donors (Lipinski definition) is 1. The van der Waals surface area contributed by atoms with Crippen LogP contribution >= 0.6 is 0 Å². The third-order valence-corrected chi connectivity index (χ3v) is 2.82. The number of aryl methyl sites for hydroxylation is 1. The average Bonchev–Trinajstić information content (AvgIpc) is 2.56. The van der Waals surface area contributed by atoms with Crippen LogP contribution in [0.1, 0.15) is 31.9 Å². The maximum atomic E-state index is 11.6. The molecule has 1 amide bonds. The highest BCUT2D eigenvalue weighted by Crippen LogP contribution is 2.12. The Hall–Kier alpha value is -2.29. The summed E-state index contributed by atoms with van der Waals surface area (Å²) in [5, 5.41) is 2.71. The first kappa shape index (κ1) is 16.8. The van der Waals surface area contributed by atoms with E-state index < -0.39 is 6.09 Å². The fourth-order valence-corrected chi connectivity index (χ4v) is 1.71. The SMILES string of the molecule is CC.CCc1ccc(OC(=O)NCc2ccccc2)cc1. The molecule has 1 N–H and O–H groups in total. The van der Waals surface area contributed by atoms with E-state index >= 15 is 0 Å². The van der Waals surface area contributed by atoms with Crippen molar-refractivity contribution in [1.29, 1.82) is 0 Å². The summed E-state index contributed by atoms with van der Waals surface area (Å²) in [5.41, 5.74) is 2.26. The van der Waals surface area contributed by atoms with E-state index in [1.165, 1.54) is 5.56 Å². The fourth-order valence-electron chi connectivity index (χ4n) is 1.71. The molecule has 0 saturated carbocycles. The van der Waals surface area contributed by atoms with Crippen molar-refractivity contribution in [2.24, 2.45) is 0 Å². The Morgan fingerprint density at radius 3 is 2.14 bits per heavy atom. The van der Waals surface area contributed by atoms with Gasteiger partial charge in [-0.3, -0.25) is 0 Å². The van der Waals surface area contributed by atoms with Crippen molar-refractivity contribution in [1.82, 2.24) is 5.32 Å². The molecule has 0 atom stereocenters. The van der Waals surface area contributed by atoms with Gasteiger partial charge in [0.05, 0.1) is 0 Å². The first-order chi connectivity index (χ1) is 10.3. The highest BCUT2D eigenvalue weighted by Gasteiger charge is 2.03. The summed E-state index contributed by atoms with van der Waals surface area (Å²) in [5.74, 6) is 0.558. The largest absolute Gasteiger partial charge is 0.412 e. The molecule has 2 aromatic carbocycles. The van der Waals surface area contributed by atoms with Gasteiger partial charge in [0.25, 0.3) is 0 Å². The lowest BCUT2D eigenvalue weighted by Crippen LogP contribution is -2.26. The highest BCUT2D eigenvalue weighted by atomic mass is 16.5. The van der Waals surface area contributed by atoms with Crippen molar-refractivity contribution >= 4 is 6.09 Å². The lowest BCUT2D eigenvalue weighted by molar-refractivity contribution is 0.200. The zero-order chi connectivity index (χ0) is 15.5. The molecule has 0 aliphatic rings. The Kier molecular flexibility index (Phi) is 7.65. The van der Waals surface area contributed by atoms with E-state index in [9.17, 15) is 4.79 Å². The van der Waals surface area contributed by atoms with Crippen LogP contribution in [-0.2, 0) is 13.0 Å². The Bertz CT molecular complexity index is 521. The molecule has 0 heterocycles. The quantitative estimate of drug-likeness (QED) is 0.894. The van der Waals surface area contributed by atoms with Gasteiger partial charge >= 0.3 is 6.09 Å². The van der Waals surface area contributed by atoms with Gasteiger partial charge < -0.3 is 10.1 Å². The number of rotatable bonds is 4. The van der Waals surface area contributed by atoms with Gasteiger partial charge in [0.2, 0.25) is 0 Å². The number of ether oxygens (including phenoxy) is 1. The van der Waals surface area contributed by atoms with Crippen molar-refractivity contribution in [2.75, 3.05) is 0 Å². The molecule has 0 spiro atoms. The highest BCUT2D eigenvalue weighted by molar-refractivity contribution is 5.70. The normalized spacial score (nSPS) is 9.29. The summed E-state index contributed by atoms with van der Waals surface area (Å²) in [4.78, 5) is 11.6. The molecule has 0 fully saturated rings. The third kappa shape index (κ3) is 6.13. The number of amides is 1. The van der Waals surface area contributed by atoms with Crippen LogP contribution in [0.25, 0.3) is 0 Å². The second-order valence-electron chi connectivity index (χ2n) is 4.23. The van der Waals surface area contributed by atoms with Crippen LogP contribution in [-0.4, -0.2) is 6.09 Å². The van der Waals surface area contributed by atoms with E-state index in [-0.39, 0.29) is 0 Å². The zero-order valence-electron chi connectivity index (χ0n) is 12.9. The maximum Gasteiger partial charge on any atom is 0.412 e. The van der Waals surface area contributed by atoms with Gasteiger partial charge in [-0.15, -0.1) is 0 Å².